The number of rotatable bonds is 5. The van der Waals surface area contributed by atoms with Gasteiger partial charge in [-0.25, -0.2) is 4.40 Å². The van der Waals surface area contributed by atoms with Crippen LogP contribution in [0.1, 0.15) is 20.3 Å². The molecule has 0 aliphatic heterocycles. The van der Waals surface area contributed by atoms with Crippen molar-refractivity contribution in [2.24, 2.45) is 27.5 Å². The quantitative estimate of drug-likeness (QED) is 0.249. The second-order valence-electron chi connectivity index (χ2n) is 2.69. The van der Waals surface area contributed by atoms with Crippen molar-refractivity contribution in [2.45, 2.75) is 25.6 Å². The van der Waals surface area contributed by atoms with Crippen LogP contribution in [0.25, 0.3) is 0 Å². The lowest BCUT2D eigenvalue weighted by atomic mass is 10.1. The van der Waals surface area contributed by atoms with Crippen LogP contribution >= 0.6 is 11.9 Å². The van der Waals surface area contributed by atoms with Gasteiger partial charge in [-0.15, -0.1) is 0 Å². The fraction of sp³-hybridized carbons (Fsp3) is 0.714. The Morgan fingerprint density at radius 1 is 1.54 bits per heavy atom. The summed E-state index contributed by atoms with van der Waals surface area (Å²) >= 11 is 1.16. The third-order valence-electron chi connectivity index (χ3n) is 1.57. The Balaban J connectivity index is 4.08. The number of carbonyl (C=O) groups excluding carboxylic acids is 1. The predicted molar refractivity (Wildman–Crippen MR) is 55.8 cm³/mol. The van der Waals surface area contributed by atoms with Crippen LogP contribution in [-0.2, 0) is 4.79 Å². The van der Waals surface area contributed by atoms with Gasteiger partial charge in [0, 0.05) is 0 Å². The minimum Gasteiger partial charge on any atom is -0.386 e. The summed E-state index contributed by atoms with van der Waals surface area (Å²) in [4.78, 5) is 10.7. The summed E-state index contributed by atoms with van der Waals surface area (Å²) in [7, 11) is 0. The molecular weight excluding hydrogens is 188 g/mol. The Labute approximate surface area is 82.3 Å². The molecule has 0 radical (unpaired) electrons. The van der Waals surface area contributed by atoms with Gasteiger partial charge < -0.3 is 17.2 Å². The molecule has 76 valence electrons. The van der Waals surface area contributed by atoms with Crippen molar-refractivity contribution in [1.82, 2.24) is 0 Å². The van der Waals surface area contributed by atoms with E-state index in [0.717, 1.165) is 18.4 Å². The number of hydrogen-bond acceptors (Lipinski definition) is 4. The molecule has 2 atom stereocenters. The van der Waals surface area contributed by atoms with Gasteiger partial charge in [0.1, 0.15) is 5.84 Å². The van der Waals surface area contributed by atoms with Crippen molar-refractivity contribution in [3.05, 3.63) is 0 Å². The molecular formula is C7H16N4OS. The van der Waals surface area contributed by atoms with Gasteiger partial charge in [-0.3, -0.25) is 4.79 Å². The van der Waals surface area contributed by atoms with Gasteiger partial charge in [-0.2, -0.15) is 0 Å². The first kappa shape index (κ1) is 12.2. The zero-order chi connectivity index (χ0) is 10.4. The smallest absolute Gasteiger partial charge is 0.227 e. The van der Waals surface area contributed by atoms with E-state index in [1.165, 1.54) is 0 Å². The summed E-state index contributed by atoms with van der Waals surface area (Å²) in [6.45, 7) is 3.56. The zero-order valence-corrected chi connectivity index (χ0v) is 8.67. The Kier molecular flexibility index (Phi) is 5.48. The van der Waals surface area contributed by atoms with E-state index in [4.69, 9.17) is 17.2 Å². The summed E-state index contributed by atoms with van der Waals surface area (Å²) in [6, 6.07) is 0. The summed E-state index contributed by atoms with van der Waals surface area (Å²) in [5.41, 5.74) is 16.1. The molecule has 0 aliphatic rings. The molecule has 0 aliphatic carbocycles. The van der Waals surface area contributed by atoms with E-state index in [9.17, 15) is 4.79 Å². The minimum absolute atomic E-state index is 0.0846. The molecule has 1 amide bonds. The van der Waals surface area contributed by atoms with Crippen LogP contribution in [0.5, 0.6) is 0 Å². The number of amidine groups is 1. The number of nitrogens with zero attached hydrogens (tertiary/aromatic N) is 1. The highest BCUT2D eigenvalue weighted by atomic mass is 32.2. The van der Waals surface area contributed by atoms with Crippen molar-refractivity contribution in [1.29, 1.82) is 0 Å². The zero-order valence-electron chi connectivity index (χ0n) is 7.86. The Morgan fingerprint density at radius 3 is 2.46 bits per heavy atom. The second kappa shape index (κ2) is 5.82. The van der Waals surface area contributed by atoms with Crippen molar-refractivity contribution < 1.29 is 4.79 Å². The third kappa shape index (κ3) is 4.74. The highest BCUT2D eigenvalue weighted by Gasteiger charge is 2.13. The highest BCUT2D eigenvalue weighted by molar-refractivity contribution is 7.98. The molecule has 0 bridgehead atoms. The second-order valence-corrected chi connectivity index (χ2v) is 3.69. The predicted octanol–water partition coefficient (Wildman–Crippen LogP) is -0.192. The molecule has 6 heteroatoms. The first-order valence-corrected chi connectivity index (χ1v) is 4.86. The number of amides is 1. The van der Waals surface area contributed by atoms with Crippen LogP contribution in [0, 0.1) is 5.92 Å². The molecule has 2 unspecified atom stereocenters. The van der Waals surface area contributed by atoms with Gasteiger partial charge in [-0.1, -0.05) is 6.92 Å². The Bertz CT molecular complexity index is 207. The van der Waals surface area contributed by atoms with E-state index in [-0.39, 0.29) is 11.2 Å². The van der Waals surface area contributed by atoms with Crippen molar-refractivity contribution >= 4 is 23.7 Å². The van der Waals surface area contributed by atoms with Gasteiger partial charge in [0.15, 0.2) is 0 Å². The number of nitrogens with two attached hydrogens (primary N) is 3. The number of hydrogen-bond donors (Lipinski definition) is 3. The minimum atomic E-state index is -0.531. The monoisotopic (exact) mass is 204 g/mol. The van der Waals surface area contributed by atoms with Gasteiger partial charge in [-0.05, 0) is 25.3 Å². The lowest BCUT2D eigenvalue weighted by Crippen LogP contribution is -2.33. The molecule has 0 aromatic carbocycles. The maximum absolute atomic E-state index is 10.7. The summed E-state index contributed by atoms with van der Waals surface area (Å²) in [5, 5.41) is -0.0846. The normalized spacial score (nSPS) is 16.7. The number of carbonyl (C=O) groups is 1. The van der Waals surface area contributed by atoms with E-state index in [1.54, 1.807) is 6.92 Å². The fourth-order valence-electron chi connectivity index (χ4n) is 0.428. The first-order valence-electron chi connectivity index (χ1n) is 4.03. The molecule has 0 rings (SSSR count). The van der Waals surface area contributed by atoms with Crippen molar-refractivity contribution in [3.63, 3.8) is 0 Å². The van der Waals surface area contributed by atoms with Crippen molar-refractivity contribution in [2.75, 3.05) is 0 Å². The summed E-state index contributed by atoms with van der Waals surface area (Å²) < 4.78 is 3.90. The van der Waals surface area contributed by atoms with Crippen LogP contribution < -0.4 is 17.2 Å². The lowest BCUT2D eigenvalue weighted by molar-refractivity contribution is -0.119. The molecule has 0 fully saturated rings. The van der Waals surface area contributed by atoms with Gasteiger partial charge >= 0.3 is 0 Å². The van der Waals surface area contributed by atoms with Gasteiger partial charge in [0.25, 0.3) is 0 Å². The van der Waals surface area contributed by atoms with Gasteiger partial charge in [0.05, 0.1) is 11.3 Å². The highest BCUT2D eigenvalue weighted by Crippen LogP contribution is 2.11. The molecule has 0 heterocycles. The molecule has 0 spiro atoms. The third-order valence-corrected chi connectivity index (χ3v) is 2.49. The molecule has 0 saturated carbocycles. The van der Waals surface area contributed by atoms with Gasteiger partial charge in [0.2, 0.25) is 5.91 Å². The van der Waals surface area contributed by atoms with Crippen LogP contribution in [0.4, 0.5) is 0 Å². The SMILES string of the molecule is CCC(N)SN=C(N)C(C)C(N)=O. The molecule has 6 N–H and O–H groups in total. The lowest BCUT2D eigenvalue weighted by Gasteiger charge is -2.07. The fourth-order valence-corrected chi connectivity index (χ4v) is 0.992. The Hall–Kier alpha value is -0.750. The molecule has 13 heavy (non-hydrogen) atoms. The molecule has 5 nitrogen and oxygen atoms in total. The molecule has 0 aromatic heterocycles. The molecule has 0 saturated heterocycles. The largest absolute Gasteiger partial charge is 0.386 e. The van der Waals surface area contributed by atoms with E-state index in [0.29, 0.717) is 0 Å². The van der Waals surface area contributed by atoms with E-state index in [1.807, 2.05) is 6.92 Å². The maximum Gasteiger partial charge on any atom is 0.227 e. The van der Waals surface area contributed by atoms with Crippen LogP contribution in [0.15, 0.2) is 4.40 Å². The van der Waals surface area contributed by atoms with E-state index in [2.05, 4.69) is 4.40 Å². The topological polar surface area (TPSA) is 107 Å². The van der Waals surface area contributed by atoms with Crippen LogP contribution in [0.2, 0.25) is 0 Å². The first-order chi connectivity index (χ1) is 5.99. The average Bonchev–Trinajstić information content (AvgIpc) is 2.11. The standard InChI is InChI=1S/C7H16N4OS/c1-3-5(8)13-11-6(9)4(2)7(10)12/h4-5H,3,8H2,1-2H3,(H2,9,11)(H2,10,12). The van der Waals surface area contributed by atoms with Crippen LogP contribution in [-0.4, -0.2) is 17.1 Å². The van der Waals surface area contributed by atoms with E-state index >= 15 is 0 Å². The summed E-state index contributed by atoms with van der Waals surface area (Å²) in [5.74, 6) is -0.787. The summed E-state index contributed by atoms with van der Waals surface area (Å²) in [6.07, 6.45) is 0.798. The Morgan fingerprint density at radius 2 is 2.08 bits per heavy atom. The number of primary amides is 1. The van der Waals surface area contributed by atoms with E-state index < -0.39 is 11.8 Å². The van der Waals surface area contributed by atoms with Crippen LogP contribution in [0.3, 0.4) is 0 Å². The molecule has 0 aromatic rings. The maximum atomic E-state index is 10.7. The van der Waals surface area contributed by atoms with Crippen molar-refractivity contribution in [3.8, 4) is 0 Å². The average molecular weight is 204 g/mol.